The zero-order valence-electron chi connectivity index (χ0n) is 8.48. The van der Waals surface area contributed by atoms with E-state index in [9.17, 15) is 4.39 Å². The van der Waals surface area contributed by atoms with E-state index in [1.54, 1.807) is 12.1 Å². The highest BCUT2D eigenvalue weighted by Gasteiger charge is 2.05. The predicted octanol–water partition coefficient (Wildman–Crippen LogP) is 2.12. The summed E-state index contributed by atoms with van der Waals surface area (Å²) < 4.78 is 13.3. The SMILES string of the molecule is N#CC(N)=C(C#N)N=Cc1c(F)cccc1Cl. The molecule has 6 heteroatoms. The van der Waals surface area contributed by atoms with Crippen LogP contribution in [0, 0.1) is 28.5 Å². The Morgan fingerprint density at radius 1 is 1.41 bits per heavy atom. The molecule has 4 nitrogen and oxygen atoms in total. The van der Waals surface area contributed by atoms with E-state index in [4.69, 9.17) is 27.9 Å². The molecule has 0 bridgehead atoms. The summed E-state index contributed by atoms with van der Waals surface area (Å²) in [4.78, 5) is 3.63. The van der Waals surface area contributed by atoms with Crippen molar-refractivity contribution in [3.63, 3.8) is 0 Å². The van der Waals surface area contributed by atoms with Crippen LogP contribution in [0.25, 0.3) is 0 Å². The molecule has 0 amide bonds. The highest BCUT2D eigenvalue weighted by Crippen LogP contribution is 2.17. The molecule has 0 aliphatic carbocycles. The average molecular weight is 249 g/mol. The highest BCUT2D eigenvalue weighted by atomic mass is 35.5. The van der Waals surface area contributed by atoms with Gasteiger partial charge in [0, 0.05) is 11.8 Å². The smallest absolute Gasteiger partial charge is 0.174 e. The summed E-state index contributed by atoms with van der Waals surface area (Å²) in [5.74, 6) is -0.575. The molecule has 2 N–H and O–H groups in total. The lowest BCUT2D eigenvalue weighted by Gasteiger charge is -1.98. The summed E-state index contributed by atoms with van der Waals surface area (Å²) in [6.07, 6.45) is 1.06. The van der Waals surface area contributed by atoms with Crippen molar-refractivity contribution >= 4 is 17.8 Å². The first kappa shape index (κ1) is 12.7. The molecular weight excluding hydrogens is 243 g/mol. The molecule has 0 radical (unpaired) electrons. The number of allylic oxidation sites excluding steroid dienone is 2. The Hall–Kier alpha value is -2.37. The van der Waals surface area contributed by atoms with E-state index in [1.807, 2.05) is 0 Å². The van der Waals surface area contributed by atoms with Crippen LogP contribution in [0.5, 0.6) is 0 Å². The monoisotopic (exact) mass is 248 g/mol. The Balaban J connectivity index is 3.17. The molecule has 1 aromatic carbocycles. The molecule has 17 heavy (non-hydrogen) atoms. The number of halogens is 2. The number of hydrogen-bond acceptors (Lipinski definition) is 4. The molecule has 0 aliphatic rings. The largest absolute Gasteiger partial charge is 0.388 e. The zero-order chi connectivity index (χ0) is 12.8. The molecule has 0 aromatic heterocycles. The van der Waals surface area contributed by atoms with Gasteiger partial charge in [-0.25, -0.2) is 9.38 Å². The van der Waals surface area contributed by atoms with Gasteiger partial charge < -0.3 is 5.73 Å². The second-order valence-electron chi connectivity index (χ2n) is 2.88. The quantitative estimate of drug-likeness (QED) is 0.642. The van der Waals surface area contributed by atoms with Crippen molar-refractivity contribution in [2.75, 3.05) is 0 Å². The molecule has 0 aliphatic heterocycles. The van der Waals surface area contributed by atoms with Crippen molar-refractivity contribution < 1.29 is 4.39 Å². The second kappa shape index (κ2) is 5.64. The van der Waals surface area contributed by atoms with Crippen LogP contribution in [0.15, 0.2) is 34.6 Å². The van der Waals surface area contributed by atoms with Gasteiger partial charge in [0.05, 0.1) is 5.02 Å². The third kappa shape index (κ3) is 3.04. The minimum absolute atomic E-state index is 0.0349. The highest BCUT2D eigenvalue weighted by molar-refractivity contribution is 6.33. The second-order valence-corrected chi connectivity index (χ2v) is 3.29. The van der Waals surface area contributed by atoms with E-state index in [2.05, 4.69) is 4.99 Å². The number of nitrogens with zero attached hydrogens (tertiary/aromatic N) is 3. The van der Waals surface area contributed by atoms with E-state index < -0.39 is 5.82 Å². The van der Waals surface area contributed by atoms with Gasteiger partial charge in [0.1, 0.15) is 23.7 Å². The van der Waals surface area contributed by atoms with Crippen LogP contribution in [-0.2, 0) is 0 Å². The van der Waals surface area contributed by atoms with Crippen molar-refractivity contribution in [1.82, 2.24) is 0 Å². The van der Waals surface area contributed by atoms with E-state index >= 15 is 0 Å². The van der Waals surface area contributed by atoms with Crippen LogP contribution in [0.1, 0.15) is 5.56 Å². The molecule has 0 fully saturated rings. The molecular formula is C11H6ClFN4. The third-order valence-electron chi connectivity index (χ3n) is 1.80. The number of rotatable bonds is 2. The first-order valence-corrected chi connectivity index (χ1v) is 4.76. The normalized spacial score (nSPS) is 11.8. The first-order valence-electron chi connectivity index (χ1n) is 4.38. The Kier molecular flexibility index (Phi) is 4.21. The maximum Gasteiger partial charge on any atom is 0.174 e. The van der Waals surface area contributed by atoms with Gasteiger partial charge in [-0.15, -0.1) is 0 Å². The fourth-order valence-electron chi connectivity index (χ4n) is 0.975. The van der Waals surface area contributed by atoms with E-state index in [0.29, 0.717) is 0 Å². The van der Waals surface area contributed by atoms with Gasteiger partial charge in [-0.1, -0.05) is 17.7 Å². The predicted molar refractivity (Wildman–Crippen MR) is 61.4 cm³/mol. The van der Waals surface area contributed by atoms with Crippen molar-refractivity contribution in [3.05, 3.63) is 46.0 Å². The summed E-state index contributed by atoms with van der Waals surface area (Å²) in [6.45, 7) is 0. The molecule has 1 aromatic rings. The van der Waals surface area contributed by atoms with Crippen molar-refractivity contribution in [1.29, 1.82) is 10.5 Å². The Bertz CT molecular complexity index is 558. The standard InChI is InChI=1S/C11H6ClFN4/c12-8-2-1-3-9(13)7(8)6-17-11(5-15)10(16)4-14/h1-3,6H,16H2. The molecule has 0 heterocycles. The lowest BCUT2D eigenvalue weighted by Crippen LogP contribution is -1.98. The summed E-state index contributed by atoms with van der Waals surface area (Å²) in [5, 5.41) is 17.3. The lowest BCUT2D eigenvalue weighted by molar-refractivity contribution is 0.626. The first-order chi connectivity index (χ1) is 8.10. The van der Waals surface area contributed by atoms with Crippen LogP contribution in [0.4, 0.5) is 4.39 Å². The molecule has 0 saturated heterocycles. The Morgan fingerprint density at radius 3 is 2.65 bits per heavy atom. The maximum atomic E-state index is 13.3. The topological polar surface area (TPSA) is 86.0 Å². The zero-order valence-corrected chi connectivity index (χ0v) is 9.24. The van der Waals surface area contributed by atoms with Crippen molar-refractivity contribution in [2.45, 2.75) is 0 Å². The number of nitrogens with two attached hydrogens (primary N) is 1. The lowest BCUT2D eigenvalue weighted by atomic mass is 10.2. The fraction of sp³-hybridized carbons (Fsp3) is 0. The van der Waals surface area contributed by atoms with Crippen LogP contribution in [0.2, 0.25) is 5.02 Å². The molecule has 0 atom stereocenters. The number of nitriles is 2. The molecule has 0 unspecified atom stereocenters. The number of hydrogen-bond donors (Lipinski definition) is 1. The van der Waals surface area contributed by atoms with Gasteiger partial charge in [-0.3, -0.25) is 0 Å². The van der Waals surface area contributed by atoms with Crippen molar-refractivity contribution in [2.24, 2.45) is 10.7 Å². The van der Waals surface area contributed by atoms with Crippen LogP contribution >= 0.6 is 11.6 Å². The summed E-state index contributed by atoms with van der Waals surface area (Å²) >= 11 is 5.74. The van der Waals surface area contributed by atoms with E-state index in [-0.39, 0.29) is 22.0 Å². The fourth-order valence-corrected chi connectivity index (χ4v) is 1.19. The molecule has 1 rings (SSSR count). The van der Waals surface area contributed by atoms with Gasteiger partial charge in [-0.2, -0.15) is 10.5 Å². The van der Waals surface area contributed by atoms with E-state index in [0.717, 1.165) is 6.21 Å². The maximum absolute atomic E-state index is 13.3. The minimum Gasteiger partial charge on any atom is -0.388 e. The third-order valence-corrected chi connectivity index (χ3v) is 2.13. The average Bonchev–Trinajstić information content (AvgIpc) is 2.32. The van der Waals surface area contributed by atoms with Gasteiger partial charge in [-0.05, 0) is 12.1 Å². The minimum atomic E-state index is -0.575. The molecule has 0 spiro atoms. The number of benzene rings is 1. The Labute approximate surface area is 102 Å². The van der Waals surface area contributed by atoms with Crippen LogP contribution < -0.4 is 5.73 Å². The van der Waals surface area contributed by atoms with Gasteiger partial charge >= 0.3 is 0 Å². The van der Waals surface area contributed by atoms with Gasteiger partial charge in [0.2, 0.25) is 0 Å². The Morgan fingerprint density at radius 2 is 2.12 bits per heavy atom. The summed E-state index contributed by atoms with van der Waals surface area (Å²) in [7, 11) is 0. The van der Waals surface area contributed by atoms with Gasteiger partial charge in [0.15, 0.2) is 5.70 Å². The molecule has 84 valence electrons. The summed E-state index contributed by atoms with van der Waals surface area (Å²) in [5.41, 5.74) is 4.64. The number of aliphatic imine (C=N–C) groups is 1. The summed E-state index contributed by atoms with van der Waals surface area (Å²) in [6, 6.07) is 7.34. The van der Waals surface area contributed by atoms with Gasteiger partial charge in [0.25, 0.3) is 0 Å². The van der Waals surface area contributed by atoms with E-state index in [1.165, 1.54) is 18.2 Å². The van der Waals surface area contributed by atoms with Crippen LogP contribution in [-0.4, -0.2) is 6.21 Å². The van der Waals surface area contributed by atoms with Crippen molar-refractivity contribution in [3.8, 4) is 12.1 Å². The van der Waals surface area contributed by atoms with Crippen LogP contribution in [0.3, 0.4) is 0 Å². The molecule has 0 saturated carbocycles.